The SMILES string of the molecule is CCc1ccc(C(C)NCc2nccs2)cc1. The zero-order chi connectivity index (χ0) is 12.1. The van der Waals surface area contributed by atoms with E-state index in [1.807, 2.05) is 11.6 Å². The molecule has 0 amide bonds. The van der Waals surface area contributed by atoms with Crippen molar-refractivity contribution in [2.24, 2.45) is 0 Å². The van der Waals surface area contributed by atoms with Crippen LogP contribution in [-0.4, -0.2) is 4.98 Å². The molecule has 0 aliphatic heterocycles. The fourth-order valence-corrected chi connectivity index (χ4v) is 2.31. The molecule has 90 valence electrons. The summed E-state index contributed by atoms with van der Waals surface area (Å²) in [5.41, 5.74) is 2.72. The quantitative estimate of drug-likeness (QED) is 0.872. The first-order chi connectivity index (χ1) is 8.29. The molecule has 1 unspecified atom stereocenters. The Bertz CT molecular complexity index is 434. The van der Waals surface area contributed by atoms with E-state index in [1.54, 1.807) is 11.3 Å². The number of nitrogens with zero attached hydrogens (tertiary/aromatic N) is 1. The summed E-state index contributed by atoms with van der Waals surface area (Å²) in [4.78, 5) is 4.27. The van der Waals surface area contributed by atoms with E-state index in [0.717, 1.165) is 18.0 Å². The van der Waals surface area contributed by atoms with Crippen molar-refractivity contribution in [3.05, 3.63) is 52.0 Å². The van der Waals surface area contributed by atoms with Crippen LogP contribution in [-0.2, 0) is 13.0 Å². The molecular weight excluding hydrogens is 228 g/mol. The molecule has 1 aromatic heterocycles. The summed E-state index contributed by atoms with van der Waals surface area (Å²) in [5, 5.41) is 6.64. The van der Waals surface area contributed by atoms with Crippen molar-refractivity contribution < 1.29 is 0 Å². The number of aromatic nitrogens is 1. The first kappa shape index (κ1) is 12.3. The van der Waals surface area contributed by atoms with Crippen molar-refractivity contribution in [2.75, 3.05) is 0 Å². The summed E-state index contributed by atoms with van der Waals surface area (Å²) in [6.07, 6.45) is 2.95. The van der Waals surface area contributed by atoms with E-state index >= 15 is 0 Å². The van der Waals surface area contributed by atoms with Gasteiger partial charge in [0.2, 0.25) is 0 Å². The van der Waals surface area contributed by atoms with E-state index in [2.05, 4.69) is 48.4 Å². The molecule has 0 saturated heterocycles. The standard InChI is InChI=1S/C14H18N2S/c1-3-12-4-6-13(7-5-12)11(2)16-10-14-15-8-9-17-14/h4-9,11,16H,3,10H2,1-2H3. The minimum absolute atomic E-state index is 0.366. The zero-order valence-electron chi connectivity index (χ0n) is 10.3. The molecule has 1 heterocycles. The van der Waals surface area contributed by atoms with Gasteiger partial charge < -0.3 is 5.32 Å². The highest BCUT2D eigenvalue weighted by molar-refractivity contribution is 7.09. The lowest BCUT2D eigenvalue weighted by atomic mass is 10.1. The van der Waals surface area contributed by atoms with Gasteiger partial charge in [0.05, 0.1) is 0 Å². The molecule has 0 radical (unpaired) electrons. The summed E-state index contributed by atoms with van der Waals surface area (Å²) in [7, 11) is 0. The van der Waals surface area contributed by atoms with Gasteiger partial charge in [0.25, 0.3) is 0 Å². The van der Waals surface area contributed by atoms with Gasteiger partial charge in [-0.2, -0.15) is 0 Å². The van der Waals surface area contributed by atoms with Crippen LogP contribution in [0.5, 0.6) is 0 Å². The molecule has 0 fully saturated rings. The van der Waals surface area contributed by atoms with Crippen LogP contribution in [0.3, 0.4) is 0 Å². The molecule has 0 aliphatic carbocycles. The molecule has 1 N–H and O–H groups in total. The van der Waals surface area contributed by atoms with Crippen molar-refractivity contribution in [3.8, 4) is 0 Å². The lowest BCUT2D eigenvalue weighted by molar-refractivity contribution is 0.573. The fraction of sp³-hybridized carbons (Fsp3) is 0.357. The molecule has 0 saturated carbocycles. The predicted octanol–water partition coefficient (Wildman–Crippen LogP) is 3.56. The highest BCUT2D eigenvalue weighted by Gasteiger charge is 2.05. The lowest BCUT2D eigenvalue weighted by Gasteiger charge is -2.13. The first-order valence-electron chi connectivity index (χ1n) is 6.00. The first-order valence-corrected chi connectivity index (χ1v) is 6.88. The second kappa shape index (κ2) is 5.94. The molecule has 0 spiro atoms. The van der Waals surface area contributed by atoms with E-state index in [1.165, 1.54) is 11.1 Å². The van der Waals surface area contributed by atoms with Gasteiger partial charge in [0.1, 0.15) is 5.01 Å². The largest absolute Gasteiger partial charge is 0.304 e. The minimum Gasteiger partial charge on any atom is -0.304 e. The molecule has 2 rings (SSSR count). The number of hydrogen-bond donors (Lipinski definition) is 1. The van der Waals surface area contributed by atoms with E-state index in [4.69, 9.17) is 0 Å². The van der Waals surface area contributed by atoms with Crippen LogP contribution >= 0.6 is 11.3 Å². The average molecular weight is 246 g/mol. The van der Waals surface area contributed by atoms with Crippen molar-refractivity contribution in [2.45, 2.75) is 32.9 Å². The lowest BCUT2D eigenvalue weighted by Crippen LogP contribution is -2.17. The van der Waals surface area contributed by atoms with Gasteiger partial charge >= 0.3 is 0 Å². The molecule has 0 aliphatic rings. The van der Waals surface area contributed by atoms with Crippen LogP contribution in [0.25, 0.3) is 0 Å². The highest BCUT2D eigenvalue weighted by atomic mass is 32.1. The Morgan fingerprint density at radius 1 is 1.29 bits per heavy atom. The van der Waals surface area contributed by atoms with E-state index in [0.29, 0.717) is 6.04 Å². The van der Waals surface area contributed by atoms with Crippen LogP contribution in [0.1, 0.15) is 36.0 Å². The summed E-state index contributed by atoms with van der Waals surface area (Å²) in [6, 6.07) is 9.19. The van der Waals surface area contributed by atoms with Crippen LogP contribution in [0.15, 0.2) is 35.8 Å². The van der Waals surface area contributed by atoms with E-state index in [-0.39, 0.29) is 0 Å². The molecule has 3 heteroatoms. The second-order valence-electron chi connectivity index (χ2n) is 4.12. The maximum Gasteiger partial charge on any atom is 0.106 e. The molecule has 17 heavy (non-hydrogen) atoms. The third-order valence-electron chi connectivity index (χ3n) is 2.93. The van der Waals surface area contributed by atoms with Gasteiger partial charge in [0.15, 0.2) is 0 Å². The maximum atomic E-state index is 4.27. The summed E-state index contributed by atoms with van der Waals surface area (Å²) in [6.45, 7) is 5.21. The van der Waals surface area contributed by atoms with Crippen molar-refractivity contribution in [1.82, 2.24) is 10.3 Å². The van der Waals surface area contributed by atoms with Gasteiger partial charge in [-0.15, -0.1) is 11.3 Å². The monoisotopic (exact) mass is 246 g/mol. The summed E-state index contributed by atoms with van der Waals surface area (Å²) < 4.78 is 0. The van der Waals surface area contributed by atoms with Crippen LogP contribution < -0.4 is 5.32 Å². The molecule has 0 bridgehead atoms. The Morgan fingerprint density at radius 3 is 2.65 bits per heavy atom. The second-order valence-corrected chi connectivity index (χ2v) is 5.10. The van der Waals surface area contributed by atoms with Crippen LogP contribution in [0.4, 0.5) is 0 Å². The molecular formula is C14H18N2S. The van der Waals surface area contributed by atoms with E-state index < -0.39 is 0 Å². The smallest absolute Gasteiger partial charge is 0.106 e. The Morgan fingerprint density at radius 2 is 2.06 bits per heavy atom. The van der Waals surface area contributed by atoms with Crippen LogP contribution in [0, 0.1) is 0 Å². The molecule has 2 aromatic rings. The van der Waals surface area contributed by atoms with Crippen LogP contribution in [0.2, 0.25) is 0 Å². The Hall–Kier alpha value is -1.19. The maximum absolute atomic E-state index is 4.27. The van der Waals surface area contributed by atoms with Gasteiger partial charge in [-0.25, -0.2) is 4.98 Å². The Balaban J connectivity index is 1.92. The normalized spacial score (nSPS) is 12.6. The topological polar surface area (TPSA) is 24.9 Å². The number of thiazole rings is 1. The number of aryl methyl sites for hydroxylation is 1. The highest BCUT2D eigenvalue weighted by Crippen LogP contribution is 2.15. The Labute approximate surface area is 107 Å². The third-order valence-corrected chi connectivity index (χ3v) is 3.71. The summed E-state index contributed by atoms with van der Waals surface area (Å²) >= 11 is 1.69. The number of hydrogen-bond acceptors (Lipinski definition) is 3. The number of rotatable bonds is 5. The fourth-order valence-electron chi connectivity index (χ4n) is 1.74. The molecule has 1 aromatic carbocycles. The van der Waals surface area contributed by atoms with Gasteiger partial charge in [-0.1, -0.05) is 31.2 Å². The predicted molar refractivity (Wildman–Crippen MR) is 73.2 cm³/mol. The number of benzene rings is 1. The van der Waals surface area contributed by atoms with Gasteiger partial charge in [-0.3, -0.25) is 0 Å². The minimum atomic E-state index is 0.366. The van der Waals surface area contributed by atoms with Crippen molar-refractivity contribution in [3.63, 3.8) is 0 Å². The van der Waals surface area contributed by atoms with Crippen molar-refractivity contribution in [1.29, 1.82) is 0 Å². The number of nitrogens with one attached hydrogen (secondary N) is 1. The third kappa shape index (κ3) is 3.38. The van der Waals surface area contributed by atoms with E-state index in [9.17, 15) is 0 Å². The van der Waals surface area contributed by atoms with Gasteiger partial charge in [-0.05, 0) is 24.5 Å². The molecule has 2 nitrogen and oxygen atoms in total. The molecule has 1 atom stereocenters. The van der Waals surface area contributed by atoms with Gasteiger partial charge in [0, 0.05) is 24.2 Å². The summed E-state index contributed by atoms with van der Waals surface area (Å²) in [5.74, 6) is 0. The van der Waals surface area contributed by atoms with Crippen molar-refractivity contribution >= 4 is 11.3 Å². The zero-order valence-corrected chi connectivity index (χ0v) is 11.1. The Kier molecular flexibility index (Phi) is 4.29. The average Bonchev–Trinajstić information content (AvgIpc) is 2.89.